The fourth-order valence-corrected chi connectivity index (χ4v) is 6.33. The Kier molecular flexibility index (Phi) is 6.19. The standard InChI is InChI=1S/C20H22N8O5S2/c1-33-25-13(11-8-35-20(21)23-11)16(29)24-14-17(30)28-15(19(31)32)10(7-34-18(14)28)6-26-9-22-27-5-3-2-4-12(26)27/h8-9,14,18H,2-7H2,1H3,(H3-,21,23,24,29,31,32)/b25-13-/t14-,18-/m1/s1. The zero-order valence-electron chi connectivity index (χ0n) is 18.7. The van der Waals surface area contributed by atoms with Crippen molar-refractivity contribution in [2.75, 3.05) is 18.6 Å². The molecule has 13 nitrogen and oxygen atoms in total. The molecule has 3 N–H and O–H groups in total. The van der Waals surface area contributed by atoms with Crippen molar-refractivity contribution in [1.29, 1.82) is 0 Å². The van der Waals surface area contributed by atoms with Crippen molar-refractivity contribution in [3.63, 3.8) is 0 Å². The van der Waals surface area contributed by atoms with Gasteiger partial charge in [-0.15, -0.1) is 27.8 Å². The Labute approximate surface area is 207 Å². The lowest BCUT2D eigenvalue weighted by Crippen LogP contribution is -2.71. The number of oxime groups is 1. The summed E-state index contributed by atoms with van der Waals surface area (Å²) in [5.41, 5.74) is 6.14. The molecule has 184 valence electrons. The first-order valence-electron chi connectivity index (χ1n) is 10.8. The van der Waals surface area contributed by atoms with E-state index in [-0.39, 0.29) is 22.2 Å². The number of nitrogens with two attached hydrogens (primary N) is 1. The average molecular weight is 519 g/mol. The van der Waals surface area contributed by atoms with Crippen LogP contribution in [0.4, 0.5) is 5.13 Å². The van der Waals surface area contributed by atoms with E-state index in [0.717, 1.165) is 43.0 Å². The van der Waals surface area contributed by atoms with Crippen molar-refractivity contribution in [2.45, 2.75) is 43.8 Å². The van der Waals surface area contributed by atoms with E-state index in [2.05, 4.69) is 20.6 Å². The van der Waals surface area contributed by atoms with Gasteiger partial charge in [-0.05, 0) is 18.4 Å². The lowest BCUT2D eigenvalue weighted by molar-refractivity contribution is -0.697. The number of aryl methyl sites for hydroxylation is 1. The summed E-state index contributed by atoms with van der Waals surface area (Å²) in [7, 11) is 1.28. The van der Waals surface area contributed by atoms with Gasteiger partial charge in [-0.3, -0.25) is 14.5 Å². The van der Waals surface area contributed by atoms with Crippen LogP contribution >= 0.6 is 23.1 Å². The maximum absolute atomic E-state index is 13.0. The van der Waals surface area contributed by atoms with Gasteiger partial charge >= 0.3 is 0 Å². The molecule has 0 bridgehead atoms. The molecule has 2 aromatic rings. The second-order valence-electron chi connectivity index (χ2n) is 8.15. The summed E-state index contributed by atoms with van der Waals surface area (Å²) in [5.74, 6) is -1.25. The third-order valence-electron chi connectivity index (χ3n) is 6.03. The Morgan fingerprint density at radius 2 is 2.26 bits per heavy atom. The SMILES string of the molecule is CO/N=C(\C(=O)N[C@@H]1C(=O)N2C(C(=O)[O-])=C(C[n+]3cnn4c3CCCC4)CS[C@H]12)c1csc(N)n1. The Morgan fingerprint density at radius 1 is 1.43 bits per heavy atom. The van der Waals surface area contributed by atoms with Crippen molar-refractivity contribution in [3.05, 3.63) is 34.5 Å². The molecular weight excluding hydrogens is 496 g/mol. The number of hydrogen-bond acceptors (Lipinski definition) is 11. The summed E-state index contributed by atoms with van der Waals surface area (Å²) < 4.78 is 3.85. The Hall–Kier alpha value is -3.46. The number of thioether (sulfide) groups is 1. The highest BCUT2D eigenvalue weighted by Gasteiger charge is 2.53. The van der Waals surface area contributed by atoms with E-state index >= 15 is 0 Å². The summed E-state index contributed by atoms with van der Waals surface area (Å²) in [6.45, 7) is 1.13. The quantitative estimate of drug-likeness (QED) is 0.182. The smallest absolute Gasteiger partial charge is 0.276 e. The van der Waals surface area contributed by atoms with Gasteiger partial charge in [-0.25, -0.2) is 9.55 Å². The number of amides is 2. The number of rotatable bonds is 7. The molecule has 1 saturated heterocycles. The van der Waals surface area contributed by atoms with E-state index in [4.69, 9.17) is 10.6 Å². The number of nitrogens with one attached hydrogen (secondary N) is 1. The highest BCUT2D eigenvalue weighted by molar-refractivity contribution is 8.00. The molecule has 1 fully saturated rings. The van der Waals surface area contributed by atoms with Crippen molar-refractivity contribution >= 4 is 51.7 Å². The number of aromatic nitrogens is 4. The van der Waals surface area contributed by atoms with Crippen LogP contribution in [0.15, 0.2) is 28.1 Å². The predicted octanol–water partition coefficient (Wildman–Crippen LogP) is -2.00. The molecule has 0 radical (unpaired) electrons. The van der Waals surface area contributed by atoms with E-state index in [1.54, 1.807) is 11.7 Å². The van der Waals surface area contributed by atoms with Crippen LogP contribution in [-0.2, 0) is 38.7 Å². The van der Waals surface area contributed by atoms with E-state index in [1.165, 1.54) is 23.8 Å². The molecule has 5 heterocycles. The van der Waals surface area contributed by atoms with Crippen LogP contribution in [0.3, 0.4) is 0 Å². The minimum absolute atomic E-state index is 0.133. The van der Waals surface area contributed by atoms with Crippen LogP contribution in [0.5, 0.6) is 0 Å². The molecule has 0 spiro atoms. The van der Waals surface area contributed by atoms with Gasteiger partial charge in [0.2, 0.25) is 5.82 Å². The van der Waals surface area contributed by atoms with E-state index in [0.29, 0.717) is 17.9 Å². The van der Waals surface area contributed by atoms with Crippen molar-refractivity contribution in [1.82, 2.24) is 25.0 Å². The number of carbonyl (C=O) groups excluding carboxylic acids is 3. The van der Waals surface area contributed by atoms with E-state index in [9.17, 15) is 19.5 Å². The van der Waals surface area contributed by atoms with Crippen LogP contribution in [0.1, 0.15) is 24.4 Å². The number of nitrogen functional groups attached to an aromatic ring is 1. The zero-order chi connectivity index (χ0) is 24.7. The summed E-state index contributed by atoms with van der Waals surface area (Å²) >= 11 is 2.51. The first-order chi connectivity index (χ1) is 16.9. The highest BCUT2D eigenvalue weighted by Crippen LogP contribution is 2.40. The topological polar surface area (TPSA) is 172 Å². The van der Waals surface area contributed by atoms with Gasteiger partial charge in [0, 0.05) is 22.7 Å². The molecular formula is C20H22N8O5S2. The summed E-state index contributed by atoms with van der Waals surface area (Å²) in [6, 6.07) is -0.932. The summed E-state index contributed by atoms with van der Waals surface area (Å²) in [5, 5.41) is 24.0. The van der Waals surface area contributed by atoms with Gasteiger partial charge in [0.1, 0.15) is 30.8 Å². The van der Waals surface area contributed by atoms with Crippen LogP contribution in [0, 0.1) is 0 Å². The summed E-state index contributed by atoms with van der Waals surface area (Å²) in [6.07, 6.45) is 4.65. The number of carboxylic acid groups (broad SMARTS) is 1. The second kappa shape index (κ2) is 9.30. The molecule has 5 rings (SSSR count). The van der Waals surface area contributed by atoms with Crippen molar-refractivity contribution in [2.24, 2.45) is 5.16 Å². The monoisotopic (exact) mass is 518 g/mol. The first-order valence-corrected chi connectivity index (χ1v) is 12.8. The molecule has 2 amide bonds. The minimum Gasteiger partial charge on any atom is -0.543 e. The van der Waals surface area contributed by atoms with Gasteiger partial charge in [0.25, 0.3) is 18.1 Å². The van der Waals surface area contributed by atoms with Crippen LogP contribution < -0.4 is 20.7 Å². The molecule has 0 unspecified atom stereocenters. The number of fused-ring (bicyclic) bond motifs is 2. The van der Waals surface area contributed by atoms with Gasteiger partial charge < -0.3 is 25.8 Å². The fraction of sp³-hybridized carbons (Fsp3) is 0.450. The van der Waals surface area contributed by atoms with Crippen LogP contribution in [-0.4, -0.2) is 67.4 Å². The molecule has 0 aliphatic carbocycles. The lowest BCUT2D eigenvalue weighted by Gasteiger charge is -2.50. The highest BCUT2D eigenvalue weighted by atomic mass is 32.2. The van der Waals surface area contributed by atoms with Gasteiger partial charge in [0.15, 0.2) is 10.8 Å². The number of hydrogen-bond donors (Lipinski definition) is 2. The number of nitrogens with zero attached hydrogens (tertiary/aromatic N) is 6. The van der Waals surface area contributed by atoms with Crippen LogP contribution in [0.25, 0.3) is 0 Å². The molecule has 3 aliphatic rings. The first kappa shape index (κ1) is 23.3. The lowest BCUT2D eigenvalue weighted by atomic mass is 10.0. The molecule has 15 heteroatoms. The Balaban J connectivity index is 1.35. The van der Waals surface area contributed by atoms with Crippen molar-refractivity contribution in [3.8, 4) is 0 Å². The minimum atomic E-state index is -1.43. The predicted molar refractivity (Wildman–Crippen MR) is 122 cm³/mol. The molecule has 35 heavy (non-hydrogen) atoms. The summed E-state index contributed by atoms with van der Waals surface area (Å²) in [4.78, 5) is 47.9. The third kappa shape index (κ3) is 4.14. The van der Waals surface area contributed by atoms with E-state index in [1.807, 2.05) is 9.25 Å². The maximum Gasteiger partial charge on any atom is 0.276 e. The largest absolute Gasteiger partial charge is 0.543 e. The van der Waals surface area contributed by atoms with Gasteiger partial charge in [0.05, 0.1) is 18.2 Å². The fourth-order valence-electron chi connectivity index (χ4n) is 4.44. The molecule has 2 aromatic heterocycles. The zero-order valence-corrected chi connectivity index (χ0v) is 20.3. The number of carbonyl (C=O) groups is 3. The molecule has 0 aromatic carbocycles. The van der Waals surface area contributed by atoms with E-state index < -0.39 is 29.2 Å². The molecule has 2 atom stereocenters. The number of aliphatic carboxylic acids is 1. The number of carboxylic acids is 1. The average Bonchev–Trinajstić information content (AvgIpc) is 3.46. The normalized spacial score (nSPS) is 21.8. The maximum atomic E-state index is 13.0. The number of β-lactam (4-membered cyclic amide) rings is 1. The van der Waals surface area contributed by atoms with Gasteiger partial charge in [-0.1, -0.05) is 5.16 Å². The Morgan fingerprint density at radius 3 is 2.97 bits per heavy atom. The molecule has 0 saturated carbocycles. The second-order valence-corrected chi connectivity index (χ2v) is 10.1. The van der Waals surface area contributed by atoms with Gasteiger partial charge in [-0.2, -0.15) is 0 Å². The Bertz CT molecular complexity index is 1270. The van der Waals surface area contributed by atoms with Crippen LogP contribution in [0.2, 0.25) is 0 Å². The number of thiazole rings is 1. The number of anilines is 1. The van der Waals surface area contributed by atoms with Crippen molar-refractivity contribution < 1.29 is 28.9 Å². The third-order valence-corrected chi connectivity index (χ3v) is 8.04. The molecule has 3 aliphatic heterocycles.